The van der Waals surface area contributed by atoms with Gasteiger partial charge >= 0.3 is 5.97 Å². The molecule has 0 amide bonds. The van der Waals surface area contributed by atoms with Gasteiger partial charge in [0.2, 0.25) is 10.0 Å². The summed E-state index contributed by atoms with van der Waals surface area (Å²) in [5.41, 5.74) is 0.847. The number of sulfonamides is 1. The van der Waals surface area contributed by atoms with Crippen LogP contribution in [-0.2, 0) is 19.6 Å². The van der Waals surface area contributed by atoms with Gasteiger partial charge in [-0.25, -0.2) is 13.1 Å². The van der Waals surface area contributed by atoms with Gasteiger partial charge in [0.25, 0.3) is 0 Å². The van der Waals surface area contributed by atoms with Gasteiger partial charge in [-0.05, 0) is 12.5 Å². The first-order valence-corrected chi connectivity index (χ1v) is 8.45. The van der Waals surface area contributed by atoms with E-state index < -0.39 is 16.0 Å². The second-order valence-corrected chi connectivity index (χ2v) is 6.72. The fraction of sp³-hybridized carbons (Fsp3) is 0.500. The first-order valence-electron chi connectivity index (χ1n) is 6.80. The average Bonchev–Trinajstić information content (AvgIpc) is 2.47. The number of carbonyl (C=O) groups excluding carboxylic acids is 1. The molecule has 0 radical (unpaired) electrons. The molecule has 0 aromatic heterocycles. The van der Waals surface area contributed by atoms with Crippen molar-refractivity contribution < 1.29 is 22.7 Å². The monoisotopic (exact) mass is 313 g/mol. The predicted molar refractivity (Wildman–Crippen MR) is 77.5 cm³/mol. The third kappa shape index (κ3) is 4.44. The third-order valence-electron chi connectivity index (χ3n) is 3.30. The first kappa shape index (κ1) is 15.8. The van der Waals surface area contributed by atoms with E-state index in [0.717, 1.165) is 5.56 Å². The van der Waals surface area contributed by atoms with Crippen molar-refractivity contribution in [2.45, 2.75) is 25.3 Å². The summed E-state index contributed by atoms with van der Waals surface area (Å²) < 4.78 is 36.8. The topological polar surface area (TPSA) is 81.7 Å². The van der Waals surface area contributed by atoms with Crippen LogP contribution in [0.5, 0.6) is 5.75 Å². The predicted octanol–water partition coefficient (Wildman–Crippen LogP) is 1.38. The smallest absolute Gasteiger partial charge is 0.305 e. The largest absolute Gasteiger partial charge is 0.493 e. The van der Waals surface area contributed by atoms with Gasteiger partial charge in [0.1, 0.15) is 5.75 Å². The number of nitrogens with one attached hydrogen (secondary N) is 1. The summed E-state index contributed by atoms with van der Waals surface area (Å²) in [7, 11) is -2.16. The number of rotatable bonds is 6. The van der Waals surface area contributed by atoms with E-state index in [1.807, 2.05) is 24.3 Å². The Morgan fingerprint density at radius 1 is 1.43 bits per heavy atom. The molecule has 116 valence electrons. The number of ether oxygens (including phenoxy) is 2. The van der Waals surface area contributed by atoms with Gasteiger partial charge in [-0.3, -0.25) is 4.79 Å². The van der Waals surface area contributed by atoms with Gasteiger partial charge in [0.05, 0.1) is 25.5 Å². The zero-order valence-corrected chi connectivity index (χ0v) is 12.7. The molecule has 0 saturated heterocycles. The highest BCUT2D eigenvalue weighted by atomic mass is 32.2. The molecule has 1 unspecified atom stereocenters. The zero-order chi connectivity index (χ0) is 15.3. The van der Waals surface area contributed by atoms with E-state index in [4.69, 9.17) is 4.74 Å². The molecule has 2 rings (SSSR count). The van der Waals surface area contributed by atoms with E-state index in [1.54, 1.807) is 0 Å². The minimum Gasteiger partial charge on any atom is -0.493 e. The van der Waals surface area contributed by atoms with Crippen LogP contribution in [0.4, 0.5) is 0 Å². The highest BCUT2D eigenvalue weighted by molar-refractivity contribution is 7.89. The second-order valence-electron chi connectivity index (χ2n) is 4.84. The van der Waals surface area contributed by atoms with Crippen molar-refractivity contribution in [3.63, 3.8) is 0 Å². The van der Waals surface area contributed by atoms with E-state index in [9.17, 15) is 13.2 Å². The lowest BCUT2D eigenvalue weighted by Crippen LogP contribution is -2.33. The van der Waals surface area contributed by atoms with Crippen LogP contribution in [0.15, 0.2) is 24.3 Å². The van der Waals surface area contributed by atoms with E-state index in [0.29, 0.717) is 18.8 Å². The highest BCUT2D eigenvalue weighted by Crippen LogP contribution is 2.31. The Hall–Kier alpha value is -1.60. The maximum atomic E-state index is 12.1. The lowest BCUT2D eigenvalue weighted by Gasteiger charge is -2.26. The van der Waals surface area contributed by atoms with Crippen molar-refractivity contribution in [2.24, 2.45) is 0 Å². The number of fused-ring (bicyclic) bond motifs is 1. The molecule has 1 aromatic carbocycles. The molecule has 1 N–H and O–H groups in total. The standard InChI is InChI=1S/C14H19NO5S/c1-19-14(16)7-4-10-21(17,18)15-12-8-9-20-13-6-3-2-5-11(12)13/h2-3,5-6,12,15H,4,7-10H2,1H3. The zero-order valence-electron chi connectivity index (χ0n) is 11.9. The molecule has 1 atom stereocenters. The Labute approximate surface area is 124 Å². The fourth-order valence-corrected chi connectivity index (χ4v) is 3.57. The Morgan fingerprint density at radius 2 is 2.19 bits per heavy atom. The Morgan fingerprint density at radius 3 is 2.95 bits per heavy atom. The van der Waals surface area contributed by atoms with Crippen LogP contribution in [0.25, 0.3) is 0 Å². The fourth-order valence-electron chi connectivity index (χ4n) is 2.25. The van der Waals surface area contributed by atoms with Gasteiger partial charge < -0.3 is 9.47 Å². The van der Waals surface area contributed by atoms with Crippen LogP contribution < -0.4 is 9.46 Å². The molecule has 0 fully saturated rings. The molecule has 1 heterocycles. The molecule has 7 heteroatoms. The van der Waals surface area contributed by atoms with Crippen LogP contribution in [0.3, 0.4) is 0 Å². The molecule has 0 saturated carbocycles. The van der Waals surface area contributed by atoms with Gasteiger partial charge in [-0.1, -0.05) is 18.2 Å². The summed E-state index contributed by atoms with van der Waals surface area (Å²) in [5, 5.41) is 0. The van der Waals surface area contributed by atoms with E-state index in [-0.39, 0.29) is 24.6 Å². The van der Waals surface area contributed by atoms with Crippen molar-refractivity contribution in [3.8, 4) is 5.75 Å². The number of benzene rings is 1. The van der Waals surface area contributed by atoms with Crippen molar-refractivity contribution in [2.75, 3.05) is 19.5 Å². The molecule has 6 nitrogen and oxygen atoms in total. The van der Waals surface area contributed by atoms with Crippen LogP contribution in [0, 0.1) is 0 Å². The summed E-state index contributed by atoms with van der Waals surface area (Å²) >= 11 is 0. The van der Waals surface area contributed by atoms with E-state index in [1.165, 1.54) is 7.11 Å². The van der Waals surface area contributed by atoms with Crippen LogP contribution in [-0.4, -0.2) is 33.9 Å². The lowest BCUT2D eigenvalue weighted by molar-refractivity contribution is -0.140. The minimum atomic E-state index is -3.44. The normalized spacial score (nSPS) is 17.7. The second kappa shape index (κ2) is 6.91. The summed E-state index contributed by atoms with van der Waals surface area (Å²) in [6.45, 7) is 0.479. The van der Waals surface area contributed by atoms with Crippen molar-refractivity contribution >= 4 is 16.0 Å². The van der Waals surface area contributed by atoms with E-state index >= 15 is 0 Å². The first-order chi connectivity index (χ1) is 10.0. The number of hydrogen-bond acceptors (Lipinski definition) is 5. The van der Waals surface area contributed by atoms with E-state index in [2.05, 4.69) is 9.46 Å². The molecular formula is C14H19NO5S. The summed E-state index contributed by atoms with van der Waals surface area (Å²) in [4.78, 5) is 11.0. The van der Waals surface area contributed by atoms with Gasteiger partial charge in [-0.15, -0.1) is 0 Å². The highest BCUT2D eigenvalue weighted by Gasteiger charge is 2.25. The van der Waals surface area contributed by atoms with Gasteiger partial charge in [-0.2, -0.15) is 0 Å². The number of carbonyl (C=O) groups is 1. The molecule has 21 heavy (non-hydrogen) atoms. The molecule has 0 bridgehead atoms. The van der Waals surface area contributed by atoms with Crippen molar-refractivity contribution in [1.82, 2.24) is 4.72 Å². The molecule has 1 aliphatic rings. The number of esters is 1. The summed E-state index contributed by atoms with van der Waals surface area (Å²) in [6, 6.07) is 7.11. The minimum absolute atomic E-state index is 0.0956. The molecule has 1 aliphatic heterocycles. The maximum absolute atomic E-state index is 12.1. The molecule has 1 aromatic rings. The maximum Gasteiger partial charge on any atom is 0.305 e. The Bertz CT molecular complexity index is 599. The molecule has 0 aliphatic carbocycles. The summed E-state index contributed by atoms with van der Waals surface area (Å²) in [5.74, 6) is 0.217. The van der Waals surface area contributed by atoms with Crippen LogP contribution in [0.2, 0.25) is 0 Å². The summed E-state index contributed by atoms with van der Waals surface area (Å²) in [6.07, 6.45) is 0.932. The van der Waals surface area contributed by atoms with Crippen molar-refractivity contribution in [3.05, 3.63) is 29.8 Å². The molecular weight excluding hydrogens is 294 g/mol. The number of hydrogen-bond donors (Lipinski definition) is 1. The van der Waals surface area contributed by atoms with Crippen molar-refractivity contribution in [1.29, 1.82) is 0 Å². The average molecular weight is 313 g/mol. The Balaban J connectivity index is 1.96. The molecule has 0 spiro atoms. The number of para-hydroxylation sites is 1. The lowest BCUT2D eigenvalue weighted by atomic mass is 10.0. The Kier molecular flexibility index (Phi) is 5.19. The van der Waals surface area contributed by atoms with Gasteiger partial charge in [0.15, 0.2) is 0 Å². The van der Waals surface area contributed by atoms with Crippen LogP contribution >= 0.6 is 0 Å². The van der Waals surface area contributed by atoms with Crippen LogP contribution in [0.1, 0.15) is 30.9 Å². The SMILES string of the molecule is COC(=O)CCCS(=O)(=O)NC1CCOc2ccccc21. The van der Waals surface area contributed by atoms with Gasteiger partial charge in [0, 0.05) is 18.4 Å². The number of methoxy groups -OCH3 is 1. The third-order valence-corrected chi connectivity index (χ3v) is 4.77. The quantitative estimate of drug-likeness (QED) is 0.802.